The lowest BCUT2D eigenvalue weighted by Gasteiger charge is -2.33. The SMILES string of the molecule is Cc1ccn(-c2ccc(N3CCOC(c4ccc(Br)cc4)C3)nn2)n1. The third kappa shape index (κ3) is 3.57. The highest BCUT2D eigenvalue weighted by Gasteiger charge is 2.23. The molecule has 1 saturated heterocycles. The normalized spacial score (nSPS) is 17.7. The van der Waals surface area contributed by atoms with Gasteiger partial charge in [-0.25, -0.2) is 4.68 Å². The molecule has 1 fully saturated rings. The zero-order chi connectivity index (χ0) is 17.2. The Morgan fingerprint density at radius 1 is 1.04 bits per heavy atom. The summed E-state index contributed by atoms with van der Waals surface area (Å²) in [7, 11) is 0. The van der Waals surface area contributed by atoms with Crippen molar-refractivity contribution in [1.82, 2.24) is 20.0 Å². The van der Waals surface area contributed by atoms with E-state index in [4.69, 9.17) is 4.74 Å². The summed E-state index contributed by atoms with van der Waals surface area (Å²) in [5, 5.41) is 13.0. The molecule has 0 amide bonds. The van der Waals surface area contributed by atoms with Gasteiger partial charge in [0, 0.05) is 23.8 Å². The summed E-state index contributed by atoms with van der Waals surface area (Å²) in [6, 6.07) is 14.1. The van der Waals surface area contributed by atoms with Gasteiger partial charge in [0.15, 0.2) is 11.6 Å². The van der Waals surface area contributed by atoms with Crippen molar-refractivity contribution in [1.29, 1.82) is 0 Å². The minimum absolute atomic E-state index is 0.0390. The molecule has 1 aliphatic rings. The molecule has 1 aromatic carbocycles. The maximum absolute atomic E-state index is 5.93. The lowest BCUT2D eigenvalue weighted by molar-refractivity contribution is 0.0394. The Kier molecular flexibility index (Phi) is 4.50. The van der Waals surface area contributed by atoms with Crippen LogP contribution in [-0.4, -0.2) is 39.7 Å². The first-order valence-corrected chi connectivity index (χ1v) is 8.97. The molecule has 25 heavy (non-hydrogen) atoms. The van der Waals surface area contributed by atoms with E-state index in [1.54, 1.807) is 4.68 Å². The van der Waals surface area contributed by atoms with E-state index < -0.39 is 0 Å². The third-order valence-electron chi connectivity index (χ3n) is 4.23. The summed E-state index contributed by atoms with van der Waals surface area (Å²) in [5.41, 5.74) is 2.13. The second kappa shape index (κ2) is 6.93. The van der Waals surface area contributed by atoms with Crippen LogP contribution in [0.1, 0.15) is 17.4 Å². The van der Waals surface area contributed by atoms with Gasteiger partial charge in [-0.1, -0.05) is 28.1 Å². The molecule has 0 spiro atoms. The Labute approximate surface area is 154 Å². The number of aryl methyl sites for hydroxylation is 1. The van der Waals surface area contributed by atoms with Gasteiger partial charge < -0.3 is 9.64 Å². The molecule has 3 aromatic rings. The van der Waals surface area contributed by atoms with Crippen molar-refractivity contribution in [3.8, 4) is 5.82 Å². The first-order valence-electron chi connectivity index (χ1n) is 8.17. The van der Waals surface area contributed by atoms with Crippen LogP contribution in [0.4, 0.5) is 5.82 Å². The standard InChI is InChI=1S/C18H18BrN5O/c1-13-8-9-24(22-13)18-7-6-17(20-21-18)23-10-11-25-16(12-23)14-2-4-15(19)5-3-14/h2-9,16H,10-12H2,1H3. The van der Waals surface area contributed by atoms with Gasteiger partial charge in [0.25, 0.3) is 0 Å². The van der Waals surface area contributed by atoms with E-state index in [0.717, 1.165) is 34.9 Å². The number of ether oxygens (including phenoxy) is 1. The average Bonchev–Trinajstić information content (AvgIpc) is 3.09. The molecule has 0 bridgehead atoms. The van der Waals surface area contributed by atoms with E-state index >= 15 is 0 Å². The summed E-state index contributed by atoms with van der Waals surface area (Å²) >= 11 is 3.47. The summed E-state index contributed by atoms with van der Waals surface area (Å²) in [6.07, 6.45) is 1.93. The molecule has 0 aliphatic carbocycles. The highest BCUT2D eigenvalue weighted by atomic mass is 79.9. The Morgan fingerprint density at radius 3 is 2.48 bits per heavy atom. The van der Waals surface area contributed by atoms with Crippen LogP contribution in [-0.2, 0) is 4.74 Å². The van der Waals surface area contributed by atoms with E-state index in [-0.39, 0.29) is 6.10 Å². The number of anilines is 1. The number of aromatic nitrogens is 4. The van der Waals surface area contributed by atoms with Crippen LogP contribution in [0, 0.1) is 6.92 Å². The fourth-order valence-corrected chi connectivity index (χ4v) is 3.15. The second-order valence-electron chi connectivity index (χ2n) is 6.01. The van der Waals surface area contributed by atoms with E-state index in [9.17, 15) is 0 Å². The number of hydrogen-bond acceptors (Lipinski definition) is 5. The van der Waals surface area contributed by atoms with Gasteiger partial charge in [-0.2, -0.15) is 5.10 Å². The molecule has 7 heteroatoms. The van der Waals surface area contributed by atoms with Crippen molar-refractivity contribution in [3.05, 3.63) is 64.4 Å². The Bertz CT molecular complexity index is 847. The van der Waals surface area contributed by atoms with Gasteiger partial charge in [-0.15, -0.1) is 10.2 Å². The average molecular weight is 400 g/mol. The molecule has 0 radical (unpaired) electrons. The van der Waals surface area contributed by atoms with E-state index in [1.165, 1.54) is 5.56 Å². The monoisotopic (exact) mass is 399 g/mol. The van der Waals surface area contributed by atoms with Crippen LogP contribution >= 0.6 is 15.9 Å². The quantitative estimate of drug-likeness (QED) is 0.675. The zero-order valence-electron chi connectivity index (χ0n) is 13.8. The summed E-state index contributed by atoms with van der Waals surface area (Å²) < 4.78 is 8.73. The number of nitrogens with zero attached hydrogens (tertiary/aromatic N) is 5. The van der Waals surface area contributed by atoms with Crippen molar-refractivity contribution < 1.29 is 4.74 Å². The van der Waals surface area contributed by atoms with Gasteiger partial charge in [0.1, 0.15) is 6.10 Å². The van der Waals surface area contributed by atoms with Gasteiger partial charge in [-0.05, 0) is 42.8 Å². The van der Waals surface area contributed by atoms with Crippen LogP contribution in [0.15, 0.2) is 53.1 Å². The summed E-state index contributed by atoms with van der Waals surface area (Å²) in [4.78, 5) is 2.21. The molecule has 2 aromatic heterocycles. The van der Waals surface area contributed by atoms with E-state index in [0.29, 0.717) is 6.61 Å². The molecule has 3 heterocycles. The van der Waals surface area contributed by atoms with Crippen molar-refractivity contribution in [2.75, 3.05) is 24.6 Å². The van der Waals surface area contributed by atoms with Gasteiger partial charge in [0.05, 0.1) is 12.3 Å². The fraction of sp³-hybridized carbons (Fsp3) is 0.278. The van der Waals surface area contributed by atoms with Crippen LogP contribution in [0.25, 0.3) is 5.82 Å². The molecule has 0 saturated carbocycles. The molecular weight excluding hydrogens is 382 g/mol. The van der Waals surface area contributed by atoms with Gasteiger partial charge in [-0.3, -0.25) is 0 Å². The predicted octanol–water partition coefficient (Wildman–Crippen LogP) is 3.31. The number of hydrogen-bond donors (Lipinski definition) is 0. The third-order valence-corrected chi connectivity index (χ3v) is 4.75. The first-order chi connectivity index (χ1) is 12.2. The van der Waals surface area contributed by atoms with E-state index in [2.05, 4.69) is 48.3 Å². The molecule has 4 rings (SSSR count). The molecule has 0 N–H and O–H groups in total. The van der Waals surface area contributed by atoms with Crippen LogP contribution in [0.5, 0.6) is 0 Å². The maximum atomic E-state index is 5.93. The molecule has 128 valence electrons. The van der Waals surface area contributed by atoms with Crippen molar-refractivity contribution >= 4 is 21.7 Å². The number of halogens is 1. The van der Waals surface area contributed by atoms with Crippen molar-refractivity contribution in [3.63, 3.8) is 0 Å². The molecular formula is C18H18BrN5O. The minimum Gasteiger partial charge on any atom is -0.370 e. The Balaban J connectivity index is 1.50. The second-order valence-corrected chi connectivity index (χ2v) is 6.92. The van der Waals surface area contributed by atoms with Crippen molar-refractivity contribution in [2.45, 2.75) is 13.0 Å². The molecule has 1 aliphatic heterocycles. The van der Waals surface area contributed by atoms with Crippen LogP contribution in [0.3, 0.4) is 0 Å². The largest absolute Gasteiger partial charge is 0.370 e. The maximum Gasteiger partial charge on any atom is 0.175 e. The zero-order valence-corrected chi connectivity index (χ0v) is 15.4. The highest BCUT2D eigenvalue weighted by molar-refractivity contribution is 9.10. The smallest absolute Gasteiger partial charge is 0.175 e. The Hall–Kier alpha value is -2.25. The molecule has 1 unspecified atom stereocenters. The van der Waals surface area contributed by atoms with Crippen LogP contribution in [0.2, 0.25) is 0 Å². The first kappa shape index (κ1) is 16.2. The molecule has 1 atom stereocenters. The van der Waals surface area contributed by atoms with Crippen LogP contribution < -0.4 is 4.90 Å². The summed E-state index contributed by atoms with van der Waals surface area (Å²) in [5.74, 6) is 1.58. The number of benzene rings is 1. The number of morpholine rings is 1. The lowest BCUT2D eigenvalue weighted by Crippen LogP contribution is -2.39. The predicted molar refractivity (Wildman–Crippen MR) is 98.9 cm³/mol. The van der Waals surface area contributed by atoms with Gasteiger partial charge >= 0.3 is 0 Å². The topological polar surface area (TPSA) is 56.1 Å². The lowest BCUT2D eigenvalue weighted by atomic mass is 10.1. The highest BCUT2D eigenvalue weighted by Crippen LogP contribution is 2.26. The van der Waals surface area contributed by atoms with Gasteiger partial charge in [0.2, 0.25) is 0 Å². The fourth-order valence-electron chi connectivity index (χ4n) is 2.89. The minimum atomic E-state index is 0.0390. The van der Waals surface area contributed by atoms with Crippen molar-refractivity contribution in [2.24, 2.45) is 0 Å². The number of rotatable bonds is 3. The Morgan fingerprint density at radius 2 is 1.80 bits per heavy atom. The molecule has 6 nitrogen and oxygen atoms in total. The van der Waals surface area contributed by atoms with E-state index in [1.807, 2.05) is 43.5 Å². The summed E-state index contributed by atoms with van der Waals surface area (Å²) in [6.45, 7) is 4.19.